The average molecular weight is 470 g/mol. The van der Waals surface area contributed by atoms with Gasteiger partial charge in [0.1, 0.15) is 5.60 Å². The summed E-state index contributed by atoms with van der Waals surface area (Å²) < 4.78 is 12.3. The van der Waals surface area contributed by atoms with E-state index in [9.17, 15) is 4.79 Å². The average Bonchev–Trinajstić information content (AvgIpc) is 3.15. The number of fused-ring (bicyclic) bond motifs is 1. The number of thiazole rings is 1. The Bertz CT molecular complexity index is 1040. The summed E-state index contributed by atoms with van der Waals surface area (Å²) in [5, 5.41) is 1.25. The molecular formula is C26H35N3O3S. The van der Waals surface area contributed by atoms with Crippen molar-refractivity contribution in [2.45, 2.75) is 64.5 Å². The molecule has 1 aromatic heterocycles. The number of hydrogen-bond donors (Lipinski definition) is 0. The van der Waals surface area contributed by atoms with Crippen molar-refractivity contribution in [3.05, 3.63) is 34.8 Å². The van der Waals surface area contributed by atoms with Crippen molar-refractivity contribution in [3.8, 4) is 0 Å². The smallest absolute Gasteiger partial charge is 0.414 e. The third kappa shape index (κ3) is 4.96. The van der Waals surface area contributed by atoms with Gasteiger partial charge in [0.2, 0.25) is 0 Å². The minimum atomic E-state index is -0.516. The van der Waals surface area contributed by atoms with Crippen LogP contribution >= 0.6 is 11.3 Å². The Balaban J connectivity index is 1.35. The number of carbonyl (C=O) groups is 1. The van der Waals surface area contributed by atoms with E-state index >= 15 is 0 Å². The molecule has 1 amide bonds. The normalized spacial score (nSPS) is 23.5. The van der Waals surface area contributed by atoms with E-state index in [4.69, 9.17) is 14.5 Å². The third-order valence-electron chi connectivity index (χ3n) is 6.83. The lowest BCUT2D eigenvalue weighted by Gasteiger charge is -2.41. The van der Waals surface area contributed by atoms with Gasteiger partial charge in [0.15, 0.2) is 0 Å². The van der Waals surface area contributed by atoms with E-state index in [1.54, 1.807) is 4.90 Å². The van der Waals surface area contributed by atoms with Crippen LogP contribution in [0.5, 0.6) is 0 Å². The number of ether oxygens (including phenoxy) is 2. The molecule has 1 atom stereocenters. The molecule has 2 saturated heterocycles. The lowest BCUT2D eigenvalue weighted by molar-refractivity contribution is -0.0712. The Kier molecular flexibility index (Phi) is 6.23. The predicted molar refractivity (Wildman–Crippen MR) is 132 cm³/mol. The molecule has 0 aliphatic carbocycles. The quantitative estimate of drug-likeness (QED) is 0.595. The van der Waals surface area contributed by atoms with Crippen LogP contribution in [0.4, 0.5) is 4.79 Å². The molecular weight excluding hydrogens is 434 g/mol. The third-order valence-corrected chi connectivity index (χ3v) is 8.03. The molecule has 0 unspecified atom stereocenters. The Morgan fingerprint density at radius 3 is 2.64 bits per heavy atom. The highest BCUT2D eigenvalue weighted by Gasteiger charge is 2.32. The molecule has 3 aliphatic rings. The molecule has 0 N–H and O–H groups in total. The van der Waals surface area contributed by atoms with E-state index in [0.29, 0.717) is 24.4 Å². The van der Waals surface area contributed by atoms with Gasteiger partial charge in [0.25, 0.3) is 0 Å². The zero-order valence-electron chi connectivity index (χ0n) is 20.2. The van der Waals surface area contributed by atoms with Crippen LogP contribution in [0.15, 0.2) is 24.3 Å². The fourth-order valence-electron chi connectivity index (χ4n) is 4.90. The number of benzene rings is 1. The summed E-state index contributed by atoms with van der Waals surface area (Å²) in [6, 6.07) is 7.07. The highest BCUT2D eigenvalue weighted by atomic mass is 32.1. The van der Waals surface area contributed by atoms with Gasteiger partial charge in [-0.05, 0) is 71.2 Å². The molecule has 5 rings (SSSR count). The Hall–Kier alpha value is -1.96. The number of piperidine rings is 1. The van der Waals surface area contributed by atoms with Crippen molar-refractivity contribution in [2.24, 2.45) is 5.92 Å². The van der Waals surface area contributed by atoms with E-state index in [1.807, 2.05) is 32.1 Å². The number of amides is 1. The van der Waals surface area contributed by atoms with Crippen LogP contribution in [0, 0.1) is 5.92 Å². The lowest BCUT2D eigenvalue weighted by atomic mass is 9.96. The highest BCUT2D eigenvalue weighted by molar-refractivity contribution is 7.18. The second-order valence-corrected chi connectivity index (χ2v) is 11.8. The highest BCUT2D eigenvalue weighted by Crippen LogP contribution is 2.37. The number of hydrogen-bond acceptors (Lipinski definition) is 6. The monoisotopic (exact) mass is 469 g/mol. The van der Waals surface area contributed by atoms with Gasteiger partial charge in [-0.3, -0.25) is 9.80 Å². The van der Waals surface area contributed by atoms with E-state index in [0.717, 1.165) is 49.5 Å². The summed E-state index contributed by atoms with van der Waals surface area (Å²) >= 11 is 1.82. The van der Waals surface area contributed by atoms with E-state index in [1.165, 1.54) is 22.5 Å². The molecule has 0 saturated carbocycles. The first kappa shape index (κ1) is 22.8. The summed E-state index contributed by atoms with van der Waals surface area (Å²) in [5.41, 5.74) is 2.50. The molecule has 33 heavy (non-hydrogen) atoms. The minimum absolute atomic E-state index is 0.275. The largest absolute Gasteiger partial charge is 0.443 e. The molecule has 7 heteroatoms. The first-order chi connectivity index (χ1) is 15.8. The van der Waals surface area contributed by atoms with Gasteiger partial charge >= 0.3 is 6.09 Å². The fourth-order valence-corrected chi connectivity index (χ4v) is 6.01. The molecule has 3 aliphatic heterocycles. The van der Waals surface area contributed by atoms with Crippen molar-refractivity contribution in [1.29, 1.82) is 0 Å². The van der Waals surface area contributed by atoms with Crippen molar-refractivity contribution in [3.63, 3.8) is 0 Å². The van der Waals surface area contributed by atoms with Gasteiger partial charge in [0, 0.05) is 18.0 Å². The SMILES string of the molecule is C[C@H]1CC=C(c2ccc3sc(C4CCN(C5COC5)CC4)nc3c2)N(C(=O)OC(C)(C)C)C1. The Morgan fingerprint density at radius 1 is 1.21 bits per heavy atom. The van der Waals surface area contributed by atoms with Crippen molar-refractivity contribution < 1.29 is 14.3 Å². The zero-order valence-corrected chi connectivity index (χ0v) is 21.0. The van der Waals surface area contributed by atoms with Crippen molar-refractivity contribution >= 4 is 33.3 Å². The van der Waals surface area contributed by atoms with Gasteiger partial charge in [-0.2, -0.15) is 0 Å². The van der Waals surface area contributed by atoms with Gasteiger partial charge in [-0.25, -0.2) is 9.78 Å². The summed E-state index contributed by atoms with van der Waals surface area (Å²) in [7, 11) is 0. The summed E-state index contributed by atoms with van der Waals surface area (Å²) in [6.45, 7) is 12.6. The molecule has 6 nitrogen and oxygen atoms in total. The summed E-state index contributed by atoms with van der Waals surface area (Å²) in [6.07, 6.45) is 5.19. The van der Waals surface area contributed by atoms with Crippen LogP contribution in [-0.4, -0.2) is 65.4 Å². The Labute approximate surface area is 200 Å². The summed E-state index contributed by atoms with van der Waals surface area (Å²) in [4.78, 5) is 22.4. The molecule has 0 spiro atoms. The fraction of sp³-hybridized carbons (Fsp3) is 0.615. The van der Waals surface area contributed by atoms with E-state index in [-0.39, 0.29) is 6.09 Å². The van der Waals surface area contributed by atoms with Crippen molar-refractivity contribution in [2.75, 3.05) is 32.8 Å². The first-order valence-electron chi connectivity index (χ1n) is 12.2. The maximum absolute atomic E-state index is 13.0. The molecule has 4 heterocycles. The van der Waals surface area contributed by atoms with Crippen LogP contribution < -0.4 is 0 Å². The van der Waals surface area contributed by atoms with Crippen LogP contribution in [0.1, 0.15) is 63.4 Å². The second kappa shape index (κ2) is 9.01. The van der Waals surface area contributed by atoms with Crippen LogP contribution in [0.3, 0.4) is 0 Å². The van der Waals surface area contributed by atoms with Gasteiger partial charge in [0.05, 0.1) is 40.2 Å². The molecule has 0 bridgehead atoms. The predicted octanol–water partition coefficient (Wildman–Crippen LogP) is 5.49. The molecule has 1 aromatic carbocycles. The summed E-state index contributed by atoms with van der Waals surface area (Å²) in [5.74, 6) is 0.948. The molecule has 2 aromatic rings. The standard InChI is InChI=1S/C26H35N3O3S/c1-17-5-7-22(29(14-17)25(30)32-26(2,3)4)19-6-8-23-21(13-19)27-24(33-23)18-9-11-28(12-10-18)20-15-31-16-20/h6-8,13,17-18,20H,5,9-12,14-16H2,1-4H3/t17-/m0/s1. The van der Waals surface area contributed by atoms with Gasteiger partial charge < -0.3 is 9.47 Å². The minimum Gasteiger partial charge on any atom is -0.443 e. The number of aromatic nitrogens is 1. The number of allylic oxidation sites excluding steroid dienone is 1. The number of likely N-dealkylation sites (tertiary alicyclic amines) is 1. The van der Waals surface area contributed by atoms with Crippen LogP contribution in [0.25, 0.3) is 15.9 Å². The molecule has 0 radical (unpaired) electrons. The van der Waals surface area contributed by atoms with E-state index in [2.05, 4.69) is 36.1 Å². The molecule has 178 valence electrons. The van der Waals surface area contributed by atoms with Gasteiger partial charge in [-0.15, -0.1) is 11.3 Å². The van der Waals surface area contributed by atoms with Crippen molar-refractivity contribution in [1.82, 2.24) is 14.8 Å². The van der Waals surface area contributed by atoms with Crippen LogP contribution in [0.2, 0.25) is 0 Å². The zero-order chi connectivity index (χ0) is 23.2. The molecule has 2 fully saturated rings. The maximum Gasteiger partial charge on any atom is 0.414 e. The van der Waals surface area contributed by atoms with Gasteiger partial charge in [-0.1, -0.05) is 19.1 Å². The second-order valence-electron chi connectivity index (χ2n) is 10.8. The topological polar surface area (TPSA) is 54.9 Å². The number of rotatable bonds is 3. The number of carbonyl (C=O) groups excluding carboxylic acids is 1. The lowest BCUT2D eigenvalue weighted by Crippen LogP contribution is -2.51. The van der Waals surface area contributed by atoms with E-state index < -0.39 is 5.60 Å². The first-order valence-corrected chi connectivity index (χ1v) is 13.0. The maximum atomic E-state index is 13.0. The number of nitrogens with zero attached hydrogens (tertiary/aromatic N) is 3. The Morgan fingerprint density at radius 2 is 1.97 bits per heavy atom. The van der Waals surface area contributed by atoms with Crippen LogP contribution in [-0.2, 0) is 9.47 Å².